The van der Waals surface area contributed by atoms with E-state index in [4.69, 9.17) is 0 Å². The highest BCUT2D eigenvalue weighted by Crippen LogP contribution is 2.52. The van der Waals surface area contributed by atoms with Crippen LogP contribution >= 0.6 is 0 Å². The Morgan fingerprint density at radius 3 is 2.74 bits per heavy atom. The summed E-state index contributed by atoms with van der Waals surface area (Å²) in [6.45, 7) is 2.05. The maximum atomic E-state index is 11.8. The first-order valence-electron chi connectivity index (χ1n) is 9.43. The molecule has 134 valence electrons. The predicted octanol–water partition coefficient (Wildman–Crippen LogP) is 5.67. The molecule has 0 unspecified atom stereocenters. The van der Waals surface area contributed by atoms with Gasteiger partial charge in [0.1, 0.15) is 0 Å². The van der Waals surface area contributed by atoms with E-state index in [-0.39, 0.29) is 12.0 Å². The number of hydrogen-bond acceptors (Lipinski definition) is 2. The van der Waals surface area contributed by atoms with Crippen LogP contribution < -0.4 is 5.32 Å². The third-order valence-corrected chi connectivity index (χ3v) is 6.12. The molecule has 0 aromatic heterocycles. The summed E-state index contributed by atoms with van der Waals surface area (Å²) in [7, 11) is 0. The Labute approximate surface area is 158 Å². The number of aromatic carboxylic acids is 1. The van der Waals surface area contributed by atoms with Gasteiger partial charge < -0.3 is 10.4 Å². The summed E-state index contributed by atoms with van der Waals surface area (Å²) in [5.74, 6) is -0.393. The number of carboxylic acid groups (broad SMARTS) is 1. The van der Waals surface area contributed by atoms with Crippen molar-refractivity contribution in [1.82, 2.24) is 0 Å². The zero-order valence-electron chi connectivity index (χ0n) is 15.1. The molecule has 1 aliphatic carbocycles. The predicted molar refractivity (Wildman–Crippen MR) is 108 cm³/mol. The van der Waals surface area contributed by atoms with Gasteiger partial charge in [0.25, 0.3) is 0 Å². The first-order valence-corrected chi connectivity index (χ1v) is 9.43. The zero-order valence-corrected chi connectivity index (χ0v) is 15.1. The number of carboxylic acids is 1. The van der Waals surface area contributed by atoms with Crippen LogP contribution in [0.5, 0.6) is 0 Å². The number of allylic oxidation sites excluding steroid dienone is 2. The Balaban J connectivity index is 1.72. The van der Waals surface area contributed by atoms with E-state index in [2.05, 4.69) is 66.9 Å². The summed E-state index contributed by atoms with van der Waals surface area (Å²) < 4.78 is 0. The molecule has 0 saturated heterocycles. The Morgan fingerprint density at radius 1 is 1.07 bits per heavy atom. The minimum atomic E-state index is -0.851. The van der Waals surface area contributed by atoms with Crippen LogP contribution in [0.2, 0.25) is 0 Å². The SMILES string of the molecule is Cc1ccc(C(=O)O)c2c1N[C@H](c1cccc3ccccc13)[C@H]1CC=C[C@@H]21. The van der Waals surface area contributed by atoms with E-state index in [9.17, 15) is 9.90 Å². The van der Waals surface area contributed by atoms with Crippen molar-refractivity contribution in [3.63, 3.8) is 0 Å². The quantitative estimate of drug-likeness (QED) is 0.582. The molecule has 2 N–H and O–H groups in total. The van der Waals surface area contributed by atoms with Gasteiger partial charge in [-0.2, -0.15) is 0 Å². The van der Waals surface area contributed by atoms with E-state index in [1.807, 2.05) is 6.07 Å². The first-order chi connectivity index (χ1) is 13.1. The maximum absolute atomic E-state index is 11.8. The molecular weight excluding hydrogens is 334 g/mol. The van der Waals surface area contributed by atoms with E-state index in [0.29, 0.717) is 11.5 Å². The largest absolute Gasteiger partial charge is 0.478 e. The molecule has 3 aromatic carbocycles. The number of aryl methyl sites for hydroxylation is 1. The lowest BCUT2D eigenvalue weighted by Crippen LogP contribution is -2.31. The van der Waals surface area contributed by atoms with Crippen LogP contribution in [-0.4, -0.2) is 11.1 Å². The molecule has 0 fully saturated rings. The number of nitrogens with one attached hydrogen (secondary N) is 1. The van der Waals surface area contributed by atoms with E-state index in [1.165, 1.54) is 16.3 Å². The first kappa shape index (κ1) is 16.1. The second-order valence-electron chi connectivity index (χ2n) is 7.57. The summed E-state index contributed by atoms with van der Waals surface area (Å²) in [5, 5.41) is 16.0. The molecular formula is C24H21NO2. The van der Waals surface area contributed by atoms with Crippen LogP contribution in [0.4, 0.5) is 5.69 Å². The van der Waals surface area contributed by atoms with Gasteiger partial charge in [-0.3, -0.25) is 0 Å². The molecule has 3 heteroatoms. The fourth-order valence-corrected chi connectivity index (χ4v) is 4.87. The topological polar surface area (TPSA) is 49.3 Å². The molecule has 0 bridgehead atoms. The lowest BCUT2D eigenvalue weighted by atomic mass is 9.74. The van der Waals surface area contributed by atoms with Crippen LogP contribution in [0, 0.1) is 12.8 Å². The highest BCUT2D eigenvalue weighted by molar-refractivity contribution is 5.93. The molecule has 5 rings (SSSR count). The zero-order chi connectivity index (χ0) is 18.5. The smallest absolute Gasteiger partial charge is 0.336 e. The molecule has 3 nitrogen and oxygen atoms in total. The molecule has 2 aliphatic rings. The summed E-state index contributed by atoms with van der Waals surface area (Å²) in [4.78, 5) is 11.8. The molecule has 3 aromatic rings. The molecule has 1 heterocycles. The van der Waals surface area contributed by atoms with Gasteiger partial charge in [0.15, 0.2) is 0 Å². The fraction of sp³-hybridized carbons (Fsp3) is 0.208. The van der Waals surface area contributed by atoms with Gasteiger partial charge >= 0.3 is 5.97 Å². The number of anilines is 1. The van der Waals surface area contributed by atoms with Gasteiger partial charge in [-0.25, -0.2) is 4.79 Å². The number of fused-ring (bicyclic) bond motifs is 4. The number of carbonyl (C=O) groups is 1. The Morgan fingerprint density at radius 2 is 1.89 bits per heavy atom. The van der Waals surface area contributed by atoms with E-state index >= 15 is 0 Å². The Kier molecular flexibility index (Phi) is 3.57. The lowest BCUT2D eigenvalue weighted by Gasteiger charge is -2.39. The molecule has 27 heavy (non-hydrogen) atoms. The number of hydrogen-bond donors (Lipinski definition) is 2. The van der Waals surface area contributed by atoms with Gasteiger partial charge in [-0.15, -0.1) is 0 Å². The molecule has 0 saturated carbocycles. The van der Waals surface area contributed by atoms with Gasteiger partial charge in [0.2, 0.25) is 0 Å². The molecule has 1 aliphatic heterocycles. The monoisotopic (exact) mass is 355 g/mol. The van der Waals surface area contributed by atoms with Crippen LogP contribution in [0.3, 0.4) is 0 Å². The summed E-state index contributed by atoms with van der Waals surface area (Å²) in [6.07, 6.45) is 5.37. The number of rotatable bonds is 2. The fourth-order valence-electron chi connectivity index (χ4n) is 4.87. The van der Waals surface area contributed by atoms with Crippen LogP contribution in [0.1, 0.15) is 45.4 Å². The van der Waals surface area contributed by atoms with Crippen LogP contribution in [0.15, 0.2) is 66.7 Å². The van der Waals surface area contributed by atoms with Gasteiger partial charge in [-0.05, 0) is 52.8 Å². The molecule has 0 spiro atoms. The molecule has 0 radical (unpaired) electrons. The van der Waals surface area contributed by atoms with Crippen molar-refractivity contribution < 1.29 is 9.90 Å². The van der Waals surface area contributed by atoms with E-state index in [1.54, 1.807) is 6.07 Å². The second-order valence-corrected chi connectivity index (χ2v) is 7.57. The summed E-state index contributed by atoms with van der Waals surface area (Å²) in [5.41, 5.74) is 4.73. The second kappa shape index (κ2) is 5.98. The normalized spacial score (nSPS) is 22.9. The maximum Gasteiger partial charge on any atom is 0.336 e. The third-order valence-electron chi connectivity index (χ3n) is 6.12. The van der Waals surface area contributed by atoms with E-state index in [0.717, 1.165) is 23.2 Å². The van der Waals surface area contributed by atoms with Crippen molar-refractivity contribution in [3.8, 4) is 0 Å². The van der Waals surface area contributed by atoms with E-state index < -0.39 is 5.97 Å². The lowest BCUT2D eigenvalue weighted by molar-refractivity contribution is 0.0695. The van der Waals surface area contributed by atoms with Crippen LogP contribution in [0.25, 0.3) is 10.8 Å². The third kappa shape index (κ3) is 2.38. The average Bonchev–Trinajstić information content (AvgIpc) is 3.17. The Bertz CT molecular complexity index is 1090. The number of benzene rings is 3. The highest BCUT2D eigenvalue weighted by Gasteiger charge is 2.40. The van der Waals surface area contributed by atoms with Crippen molar-refractivity contribution in [2.75, 3.05) is 5.32 Å². The minimum Gasteiger partial charge on any atom is -0.478 e. The molecule has 3 atom stereocenters. The van der Waals surface area contributed by atoms with Crippen LogP contribution in [-0.2, 0) is 0 Å². The van der Waals surface area contributed by atoms with Gasteiger partial charge in [0, 0.05) is 11.6 Å². The highest BCUT2D eigenvalue weighted by atomic mass is 16.4. The Hall–Kier alpha value is -3.07. The van der Waals surface area contributed by atoms with Crippen molar-refractivity contribution in [3.05, 3.63) is 89.0 Å². The van der Waals surface area contributed by atoms with Gasteiger partial charge in [0.05, 0.1) is 11.6 Å². The molecule has 0 amide bonds. The standard InChI is InChI=1S/C24H21NO2/c1-14-12-13-20(24(26)27)21-17-9-5-11-19(17)23(25-22(14)21)18-10-4-7-15-6-2-3-8-16(15)18/h2-10,12-13,17,19,23,25H,11H2,1H3,(H,26,27)/t17-,19+,23-/m1/s1. The van der Waals surface area contributed by atoms with Crippen molar-refractivity contribution >= 4 is 22.4 Å². The summed E-state index contributed by atoms with van der Waals surface area (Å²) >= 11 is 0. The minimum absolute atomic E-state index is 0.135. The average molecular weight is 355 g/mol. The summed E-state index contributed by atoms with van der Waals surface area (Å²) in [6, 6.07) is 18.8. The van der Waals surface area contributed by atoms with Crippen molar-refractivity contribution in [2.45, 2.75) is 25.3 Å². The van der Waals surface area contributed by atoms with Crippen molar-refractivity contribution in [1.29, 1.82) is 0 Å². The van der Waals surface area contributed by atoms with Crippen molar-refractivity contribution in [2.24, 2.45) is 5.92 Å². The van der Waals surface area contributed by atoms with Gasteiger partial charge in [-0.1, -0.05) is 60.7 Å².